The zero-order valence-electron chi connectivity index (χ0n) is 10.2. The van der Waals surface area contributed by atoms with Gasteiger partial charge in [-0.2, -0.15) is 4.98 Å². The van der Waals surface area contributed by atoms with Crippen LogP contribution in [-0.4, -0.2) is 43.2 Å². The summed E-state index contributed by atoms with van der Waals surface area (Å²) < 4.78 is 6.32. The number of rotatable bonds is 2. The van der Waals surface area contributed by atoms with Crippen LogP contribution in [-0.2, 0) is 4.74 Å². The summed E-state index contributed by atoms with van der Waals surface area (Å²) in [5, 5.41) is 29.3. The fraction of sp³-hybridized carbons (Fsp3) is 0.455. The molecular formula is C11H15N3O5. The van der Waals surface area contributed by atoms with E-state index in [2.05, 4.69) is 4.98 Å². The van der Waals surface area contributed by atoms with Crippen molar-refractivity contribution < 1.29 is 20.1 Å². The Morgan fingerprint density at radius 1 is 1.53 bits per heavy atom. The summed E-state index contributed by atoms with van der Waals surface area (Å²) in [5.74, 6) is -0.173. The Morgan fingerprint density at radius 3 is 2.79 bits per heavy atom. The topological polar surface area (TPSA) is 131 Å². The average molecular weight is 269 g/mol. The van der Waals surface area contributed by atoms with Crippen molar-refractivity contribution in [3.05, 3.63) is 34.6 Å². The number of anilines is 1. The van der Waals surface area contributed by atoms with Crippen molar-refractivity contribution in [2.75, 3.05) is 5.73 Å². The zero-order valence-corrected chi connectivity index (χ0v) is 10.2. The lowest BCUT2D eigenvalue weighted by Gasteiger charge is -2.16. The second-order valence-corrected chi connectivity index (χ2v) is 4.18. The summed E-state index contributed by atoms with van der Waals surface area (Å²) in [5.41, 5.74) is 4.65. The van der Waals surface area contributed by atoms with Gasteiger partial charge in [0.2, 0.25) is 0 Å². The van der Waals surface area contributed by atoms with Crippen molar-refractivity contribution in [1.29, 1.82) is 0 Å². The van der Waals surface area contributed by atoms with Crippen LogP contribution in [0.25, 0.3) is 0 Å². The van der Waals surface area contributed by atoms with Gasteiger partial charge in [0.15, 0.2) is 6.23 Å². The molecule has 0 radical (unpaired) electrons. The van der Waals surface area contributed by atoms with Crippen LogP contribution in [0.15, 0.2) is 28.9 Å². The van der Waals surface area contributed by atoms with Gasteiger partial charge in [-0.15, -0.1) is 0 Å². The molecule has 0 saturated carbocycles. The van der Waals surface area contributed by atoms with Crippen LogP contribution in [0.1, 0.15) is 13.2 Å². The van der Waals surface area contributed by atoms with Crippen molar-refractivity contribution in [3.8, 4) is 0 Å². The molecule has 1 saturated heterocycles. The molecule has 1 aromatic heterocycles. The Hall–Kier alpha value is -1.90. The zero-order chi connectivity index (χ0) is 14.2. The van der Waals surface area contributed by atoms with Gasteiger partial charge in [-0.3, -0.25) is 4.57 Å². The molecule has 8 nitrogen and oxygen atoms in total. The van der Waals surface area contributed by atoms with E-state index in [0.29, 0.717) is 0 Å². The molecule has 5 N–H and O–H groups in total. The fourth-order valence-electron chi connectivity index (χ4n) is 1.92. The Bertz CT molecular complexity index is 556. The van der Waals surface area contributed by atoms with Crippen LogP contribution in [0.2, 0.25) is 0 Å². The molecule has 0 aromatic carbocycles. The number of nitrogen functional groups attached to an aromatic ring is 1. The van der Waals surface area contributed by atoms with Crippen molar-refractivity contribution >= 4 is 5.82 Å². The first-order valence-electron chi connectivity index (χ1n) is 5.67. The van der Waals surface area contributed by atoms with Gasteiger partial charge in [-0.05, 0) is 19.1 Å². The van der Waals surface area contributed by atoms with Crippen LogP contribution in [0.3, 0.4) is 0 Å². The van der Waals surface area contributed by atoms with E-state index in [4.69, 9.17) is 10.5 Å². The Balaban J connectivity index is 2.34. The number of nitrogens with zero attached hydrogens (tertiary/aromatic N) is 2. The van der Waals surface area contributed by atoms with E-state index in [-0.39, 0.29) is 11.6 Å². The first-order chi connectivity index (χ1) is 8.95. The van der Waals surface area contributed by atoms with Gasteiger partial charge in [0.05, 0.1) is 0 Å². The first-order valence-corrected chi connectivity index (χ1v) is 5.67. The van der Waals surface area contributed by atoms with Gasteiger partial charge in [0.1, 0.15) is 29.9 Å². The highest BCUT2D eigenvalue weighted by Gasteiger charge is 2.45. The largest absolute Gasteiger partial charge is 0.510 e. The van der Waals surface area contributed by atoms with E-state index < -0.39 is 30.2 Å². The third kappa shape index (κ3) is 2.33. The molecule has 0 amide bonds. The van der Waals surface area contributed by atoms with Crippen LogP contribution in [0.5, 0.6) is 0 Å². The number of hydrogen-bond acceptors (Lipinski definition) is 7. The second kappa shape index (κ2) is 5.00. The monoisotopic (exact) mass is 269 g/mol. The maximum Gasteiger partial charge on any atom is 0.351 e. The number of allylic oxidation sites excluding steroid dienone is 1. The van der Waals surface area contributed by atoms with E-state index in [1.165, 1.54) is 18.3 Å². The molecule has 0 bridgehead atoms. The van der Waals surface area contributed by atoms with Crippen molar-refractivity contribution in [3.63, 3.8) is 0 Å². The van der Waals surface area contributed by atoms with E-state index >= 15 is 0 Å². The van der Waals surface area contributed by atoms with Gasteiger partial charge in [0, 0.05) is 6.20 Å². The maximum atomic E-state index is 11.6. The number of aromatic nitrogens is 2. The quantitative estimate of drug-likeness (QED) is 0.501. The Labute approximate surface area is 108 Å². The standard InChI is InChI=1S/C11H15N3O5/c1-2-5(15)9-7(16)8(17)10(19-9)14-4-3-6(12)13-11(14)18/h2-4,7-10,15-17H,1H3,(H2,12,13,18)/t7-,8+,9+,10+/m0/s1. The molecule has 4 atom stereocenters. The SMILES string of the molecule is CC=C(O)[C@H]1O[C@@H](n2ccc(N)nc2=O)[C@H](O)[C@@H]1O. The minimum atomic E-state index is -1.37. The van der Waals surface area contributed by atoms with Crippen LogP contribution >= 0.6 is 0 Å². The van der Waals surface area contributed by atoms with Gasteiger partial charge in [0.25, 0.3) is 0 Å². The molecule has 0 spiro atoms. The average Bonchev–Trinajstić information content (AvgIpc) is 2.66. The molecule has 19 heavy (non-hydrogen) atoms. The molecule has 0 unspecified atom stereocenters. The Kier molecular flexibility index (Phi) is 3.56. The van der Waals surface area contributed by atoms with Gasteiger partial charge in [-0.1, -0.05) is 0 Å². The van der Waals surface area contributed by atoms with Crippen LogP contribution in [0.4, 0.5) is 5.82 Å². The lowest BCUT2D eigenvalue weighted by molar-refractivity contribution is -0.0389. The molecular weight excluding hydrogens is 254 g/mol. The summed E-state index contributed by atoms with van der Waals surface area (Å²) in [6, 6.07) is 1.37. The van der Waals surface area contributed by atoms with E-state index in [1.54, 1.807) is 6.92 Å². The summed E-state index contributed by atoms with van der Waals surface area (Å²) in [4.78, 5) is 15.2. The number of aliphatic hydroxyl groups excluding tert-OH is 3. The van der Waals surface area contributed by atoms with Gasteiger partial charge < -0.3 is 25.8 Å². The van der Waals surface area contributed by atoms with Crippen molar-refractivity contribution in [2.45, 2.75) is 31.5 Å². The molecule has 0 aliphatic carbocycles. The molecule has 1 aliphatic heterocycles. The smallest absolute Gasteiger partial charge is 0.351 e. The van der Waals surface area contributed by atoms with E-state index in [9.17, 15) is 20.1 Å². The van der Waals surface area contributed by atoms with E-state index in [1.807, 2.05) is 0 Å². The fourth-order valence-corrected chi connectivity index (χ4v) is 1.92. The summed E-state index contributed by atoms with van der Waals surface area (Å²) in [7, 11) is 0. The number of aliphatic hydroxyl groups is 3. The normalized spacial score (nSPS) is 31.6. The second-order valence-electron chi connectivity index (χ2n) is 4.18. The molecule has 2 rings (SSSR count). The molecule has 104 valence electrons. The molecule has 1 aliphatic rings. The van der Waals surface area contributed by atoms with Gasteiger partial charge >= 0.3 is 5.69 Å². The van der Waals surface area contributed by atoms with Crippen LogP contribution in [0, 0.1) is 0 Å². The molecule has 2 heterocycles. The number of hydrogen-bond donors (Lipinski definition) is 4. The molecule has 1 aromatic rings. The van der Waals surface area contributed by atoms with Crippen molar-refractivity contribution in [2.24, 2.45) is 0 Å². The maximum absolute atomic E-state index is 11.6. The summed E-state index contributed by atoms with van der Waals surface area (Å²) >= 11 is 0. The number of nitrogens with two attached hydrogens (primary N) is 1. The van der Waals surface area contributed by atoms with E-state index in [0.717, 1.165) is 4.57 Å². The highest BCUT2D eigenvalue weighted by Crippen LogP contribution is 2.31. The first kappa shape index (κ1) is 13.5. The van der Waals surface area contributed by atoms with Crippen LogP contribution < -0.4 is 11.4 Å². The lowest BCUT2D eigenvalue weighted by atomic mass is 10.1. The molecule has 8 heteroatoms. The third-order valence-electron chi connectivity index (χ3n) is 2.95. The third-order valence-corrected chi connectivity index (χ3v) is 2.95. The minimum absolute atomic E-state index is 0.0436. The summed E-state index contributed by atoms with van der Waals surface area (Å²) in [6.07, 6.45) is -2.29. The highest BCUT2D eigenvalue weighted by molar-refractivity contribution is 5.23. The minimum Gasteiger partial charge on any atom is -0.510 e. The predicted octanol–water partition coefficient (Wildman–Crippen LogP) is -1.09. The van der Waals surface area contributed by atoms with Gasteiger partial charge in [-0.25, -0.2) is 4.79 Å². The molecule has 1 fully saturated rings. The number of ether oxygens (including phenoxy) is 1. The summed E-state index contributed by atoms with van der Waals surface area (Å²) in [6.45, 7) is 1.56. The lowest BCUT2D eigenvalue weighted by Crippen LogP contribution is -2.35. The predicted molar refractivity (Wildman–Crippen MR) is 65.2 cm³/mol. The Morgan fingerprint density at radius 2 is 2.21 bits per heavy atom. The van der Waals surface area contributed by atoms with Crippen molar-refractivity contribution in [1.82, 2.24) is 9.55 Å². The highest BCUT2D eigenvalue weighted by atomic mass is 16.6.